The normalized spacial score (nSPS) is 18.8. The zero-order chi connectivity index (χ0) is 12.7. The maximum absolute atomic E-state index is 4.85. The van der Waals surface area contributed by atoms with Crippen molar-refractivity contribution in [3.63, 3.8) is 0 Å². The first-order valence-corrected chi connectivity index (χ1v) is 6.70. The topological polar surface area (TPSA) is 29.3 Å². The van der Waals surface area contributed by atoms with Gasteiger partial charge in [-0.2, -0.15) is 0 Å². The highest BCUT2D eigenvalue weighted by molar-refractivity contribution is 4.72. The van der Waals surface area contributed by atoms with E-state index in [4.69, 9.17) is 5.73 Å². The first-order chi connectivity index (χ1) is 7.26. The summed E-state index contributed by atoms with van der Waals surface area (Å²) in [6, 6.07) is 0.861. The lowest BCUT2D eigenvalue weighted by Crippen LogP contribution is -2.25. The van der Waals surface area contributed by atoms with E-state index >= 15 is 0 Å². The SMILES string of the molecule is CC.CC.CCN.CCN1CCCC1C. The van der Waals surface area contributed by atoms with Crippen LogP contribution in [0, 0.1) is 0 Å². The second kappa shape index (κ2) is 19.5. The summed E-state index contributed by atoms with van der Waals surface area (Å²) < 4.78 is 0. The largest absolute Gasteiger partial charge is 0.331 e. The summed E-state index contributed by atoms with van der Waals surface area (Å²) in [5, 5.41) is 0. The Kier molecular flexibility index (Phi) is 26.4. The van der Waals surface area contributed by atoms with E-state index in [0.29, 0.717) is 0 Å². The third-order valence-corrected chi connectivity index (χ3v) is 2.10. The van der Waals surface area contributed by atoms with Crippen molar-refractivity contribution >= 4 is 0 Å². The molecule has 1 heterocycles. The smallest absolute Gasteiger partial charge is 0.00672 e. The maximum Gasteiger partial charge on any atom is 0.00672 e. The van der Waals surface area contributed by atoms with Crippen molar-refractivity contribution in [2.75, 3.05) is 19.6 Å². The third-order valence-electron chi connectivity index (χ3n) is 2.10. The second-order valence-corrected chi connectivity index (χ2v) is 3.03. The minimum Gasteiger partial charge on any atom is -0.331 e. The number of likely N-dealkylation sites (tertiary alicyclic amines) is 1. The van der Waals surface area contributed by atoms with Crippen LogP contribution in [0.5, 0.6) is 0 Å². The van der Waals surface area contributed by atoms with Crippen LogP contribution < -0.4 is 5.73 Å². The lowest BCUT2D eigenvalue weighted by atomic mass is 10.2. The van der Waals surface area contributed by atoms with E-state index in [1.807, 2.05) is 34.6 Å². The van der Waals surface area contributed by atoms with Gasteiger partial charge in [-0.15, -0.1) is 0 Å². The number of nitrogens with zero attached hydrogens (tertiary/aromatic N) is 1. The molecule has 0 aromatic heterocycles. The molecule has 1 saturated heterocycles. The Labute approximate surface area is 98.2 Å². The van der Waals surface area contributed by atoms with Gasteiger partial charge < -0.3 is 10.6 Å². The van der Waals surface area contributed by atoms with Gasteiger partial charge in [-0.05, 0) is 39.4 Å². The van der Waals surface area contributed by atoms with Crippen LogP contribution in [0.4, 0.5) is 0 Å². The molecule has 0 aromatic rings. The molecule has 0 spiro atoms. The van der Waals surface area contributed by atoms with Crippen LogP contribution in [0.2, 0.25) is 0 Å². The van der Waals surface area contributed by atoms with Crippen LogP contribution in [-0.4, -0.2) is 30.6 Å². The highest BCUT2D eigenvalue weighted by atomic mass is 15.2. The third kappa shape index (κ3) is 13.9. The maximum atomic E-state index is 4.85. The second-order valence-electron chi connectivity index (χ2n) is 3.03. The summed E-state index contributed by atoms with van der Waals surface area (Å²) in [6.45, 7) is 17.8. The van der Waals surface area contributed by atoms with E-state index in [-0.39, 0.29) is 0 Å². The molecule has 2 heteroatoms. The van der Waals surface area contributed by atoms with Crippen LogP contribution in [0.3, 0.4) is 0 Å². The van der Waals surface area contributed by atoms with E-state index < -0.39 is 0 Å². The lowest BCUT2D eigenvalue weighted by molar-refractivity contribution is 0.284. The molecule has 2 nitrogen and oxygen atoms in total. The van der Waals surface area contributed by atoms with Gasteiger partial charge in [0, 0.05) is 6.04 Å². The van der Waals surface area contributed by atoms with Gasteiger partial charge in [0.1, 0.15) is 0 Å². The average molecular weight is 218 g/mol. The standard InChI is InChI=1S/C7H15N.C2H7N.2C2H6/c1-3-8-6-4-5-7(8)2;1-2-3;2*1-2/h7H,3-6H2,1-2H3;2-3H2,1H3;2*1-2H3. The van der Waals surface area contributed by atoms with Crippen molar-refractivity contribution in [3.05, 3.63) is 0 Å². The fourth-order valence-electron chi connectivity index (χ4n) is 1.46. The molecule has 2 N–H and O–H groups in total. The monoisotopic (exact) mass is 218 g/mol. The molecule has 1 atom stereocenters. The van der Waals surface area contributed by atoms with Crippen molar-refractivity contribution in [2.24, 2.45) is 5.73 Å². The van der Waals surface area contributed by atoms with Gasteiger partial charge in [0.05, 0.1) is 0 Å². The average Bonchev–Trinajstić information content (AvgIpc) is 2.71. The molecule has 1 aliphatic rings. The molecular weight excluding hydrogens is 184 g/mol. The number of rotatable bonds is 1. The summed E-state index contributed by atoms with van der Waals surface area (Å²) in [4.78, 5) is 2.53. The van der Waals surface area contributed by atoms with Crippen LogP contribution in [-0.2, 0) is 0 Å². The molecule has 0 aromatic carbocycles. The van der Waals surface area contributed by atoms with Crippen LogP contribution in [0.15, 0.2) is 0 Å². The molecule has 1 fully saturated rings. The van der Waals surface area contributed by atoms with Crippen LogP contribution in [0.25, 0.3) is 0 Å². The Hall–Kier alpha value is -0.0800. The van der Waals surface area contributed by atoms with Gasteiger partial charge in [0.2, 0.25) is 0 Å². The molecule has 0 amide bonds. The minimum absolute atomic E-state index is 0.750. The minimum atomic E-state index is 0.750. The van der Waals surface area contributed by atoms with Crippen molar-refractivity contribution in [2.45, 2.75) is 67.3 Å². The van der Waals surface area contributed by atoms with Crippen LogP contribution >= 0.6 is 0 Å². The van der Waals surface area contributed by atoms with Crippen LogP contribution in [0.1, 0.15) is 61.3 Å². The van der Waals surface area contributed by atoms with E-state index in [9.17, 15) is 0 Å². The Morgan fingerprint density at radius 2 is 1.53 bits per heavy atom. The number of nitrogens with two attached hydrogens (primary N) is 1. The van der Waals surface area contributed by atoms with Crippen molar-refractivity contribution in [1.82, 2.24) is 4.90 Å². The molecular formula is C13H34N2. The molecule has 0 radical (unpaired) electrons. The van der Waals surface area contributed by atoms with E-state index in [2.05, 4.69) is 18.7 Å². The Balaban J connectivity index is -0.000000176. The molecule has 0 saturated carbocycles. The highest BCUT2D eigenvalue weighted by Crippen LogP contribution is 2.14. The Morgan fingerprint density at radius 3 is 1.67 bits per heavy atom. The van der Waals surface area contributed by atoms with Gasteiger partial charge in [-0.1, -0.05) is 41.5 Å². The van der Waals surface area contributed by atoms with Gasteiger partial charge in [0.25, 0.3) is 0 Å². The summed E-state index contributed by atoms with van der Waals surface area (Å²) >= 11 is 0. The van der Waals surface area contributed by atoms with Gasteiger partial charge in [0.15, 0.2) is 0 Å². The van der Waals surface area contributed by atoms with Gasteiger partial charge >= 0.3 is 0 Å². The van der Waals surface area contributed by atoms with Crippen molar-refractivity contribution < 1.29 is 0 Å². The predicted molar refractivity (Wildman–Crippen MR) is 73.4 cm³/mol. The lowest BCUT2D eigenvalue weighted by Gasteiger charge is -2.17. The van der Waals surface area contributed by atoms with Gasteiger partial charge in [-0.3, -0.25) is 0 Å². The predicted octanol–water partition coefficient (Wildman–Crippen LogP) is 3.51. The first kappa shape index (κ1) is 20.3. The molecule has 96 valence electrons. The molecule has 0 bridgehead atoms. The molecule has 0 aliphatic carbocycles. The quantitative estimate of drug-likeness (QED) is 0.730. The van der Waals surface area contributed by atoms with Crippen molar-refractivity contribution in [3.8, 4) is 0 Å². The van der Waals surface area contributed by atoms with E-state index in [1.54, 1.807) is 0 Å². The highest BCUT2D eigenvalue weighted by Gasteiger charge is 2.16. The summed E-state index contributed by atoms with van der Waals surface area (Å²) in [5.41, 5.74) is 4.85. The Bertz CT molecular complexity index is 84.6. The van der Waals surface area contributed by atoms with Crippen molar-refractivity contribution in [1.29, 1.82) is 0 Å². The summed E-state index contributed by atoms with van der Waals surface area (Å²) in [5.74, 6) is 0. The first-order valence-electron chi connectivity index (χ1n) is 6.70. The zero-order valence-electron chi connectivity index (χ0n) is 12.1. The van der Waals surface area contributed by atoms with E-state index in [0.717, 1.165) is 12.6 Å². The fraction of sp³-hybridized carbons (Fsp3) is 1.00. The summed E-state index contributed by atoms with van der Waals surface area (Å²) in [6.07, 6.45) is 2.82. The Morgan fingerprint density at radius 1 is 1.13 bits per heavy atom. The zero-order valence-corrected chi connectivity index (χ0v) is 12.1. The number of hydrogen-bond donors (Lipinski definition) is 1. The number of hydrogen-bond acceptors (Lipinski definition) is 2. The molecule has 1 unspecified atom stereocenters. The summed E-state index contributed by atoms with van der Waals surface area (Å²) in [7, 11) is 0. The molecule has 15 heavy (non-hydrogen) atoms. The van der Waals surface area contributed by atoms with E-state index in [1.165, 1.54) is 25.9 Å². The fourth-order valence-corrected chi connectivity index (χ4v) is 1.46. The van der Waals surface area contributed by atoms with Gasteiger partial charge in [-0.25, -0.2) is 0 Å². The molecule has 1 aliphatic heterocycles. The molecule has 1 rings (SSSR count).